The SMILES string of the molecule is [2H]C([2H])([2H])c1nn(C2CC2)nc1B1OC(C)(C)C(C)(C)O1. The number of aryl methyl sites for hydroxylation is 1. The first-order valence-electron chi connectivity index (χ1n) is 7.84. The first-order chi connectivity index (χ1) is 9.51. The third-order valence-corrected chi connectivity index (χ3v) is 4.01. The molecule has 6 heteroatoms. The Balaban J connectivity index is 1.98. The van der Waals surface area contributed by atoms with Gasteiger partial charge in [0.15, 0.2) is 0 Å². The van der Waals surface area contributed by atoms with Gasteiger partial charge in [0.2, 0.25) is 0 Å². The fourth-order valence-electron chi connectivity index (χ4n) is 1.92. The summed E-state index contributed by atoms with van der Waals surface area (Å²) in [5, 5.41) is 8.51. The minimum absolute atomic E-state index is 0.0205. The van der Waals surface area contributed by atoms with Gasteiger partial charge < -0.3 is 9.31 Å². The topological polar surface area (TPSA) is 49.2 Å². The van der Waals surface area contributed by atoms with Crippen LogP contribution in [0.15, 0.2) is 0 Å². The van der Waals surface area contributed by atoms with Crippen LogP contribution in [0, 0.1) is 6.85 Å². The van der Waals surface area contributed by atoms with Crippen LogP contribution in [-0.2, 0) is 9.31 Å². The number of aromatic nitrogens is 3. The molecule has 1 saturated heterocycles. The number of nitrogens with zero attached hydrogens (tertiary/aromatic N) is 3. The molecule has 3 rings (SSSR count). The summed E-state index contributed by atoms with van der Waals surface area (Å²) < 4.78 is 34.8. The minimum atomic E-state index is -2.33. The average molecular weight is 252 g/mol. The van der Waals surface area contributed by atoms with E-state index < -0.39 is 25.2 Å². The normalized spacial score (nSPS) is 28.9. The lowest BCUT2D eigenvalue weighted by atomic mass is 9.83. The number of rotatable bonds is 2. The predicted octanol–water partition coefficient (Wildman–Crippen LogP) is 1.22. The summed E-state index contributed by atoms with van der Waals surface area (Å²) in [6.45, 7) is 5.37. The predicted molar refractivity (Wildman–Crippen MR) is 68.7 cm³/mol. The Morgan fingerprint density at radius 3 is 2.33 bits per heavy atom. The summed E-state index contributed by atoms with van der Waals surface area (Å²) in [5.41, 5.74) is -0.812. The molecule has 2 heterocycles. The van der Waals surface area contributed by atoms with E-state index in [4.69, 9.17) is 13.4 Å². The van der Waals surface area contributed by atoms with Gasteiger partial charge in [-0.2, -0.15) is 15.0 Å². The zero-order valence-corrected chi connectivity index (χ0v) is 11.2. The maximum absolute atomic E-state index is 7.66. The van der Waals surface area contributed by atoms with Gasteiger partial charge in [-0.1, -0.05) is 0 Å². The summed E-state index contributed by atoms with van der Waals surface area (Å²) in [6.07, 6.45) is 1.97. The molecule has 2 aliphatic rings. The third kappa shape index (κ3) is 1.78. The van der Waals surface area contributed by atoms with E-state index in [1.807, 2.05) is 27.7 Å². The van der Waals surface area contributed by atoms with Crippen molar-refractivity contribution in [3.8, 4) is 0 Å². The van der Waals surface area contributed by atoms with Gasteiger partial charge in [0, 0.05) is 4.11 Å². The molecular formula is C12H20BN3O2. The van der Waals surface area contributed by atoms with Crippen LogP contribution in [0.3, 0.4) is 0 Å². The Hall–Kier alpha value is -0.875. The van der Waals surface area contributed by atoms with E-state index in [9.17, 15) is 0 Å². The van der Waals surface area contributed by atoms with Crippen LogP contribution in [0.1, 0.15) is 56.4 Å². The number of hydrogen-bond acceptors (Lipinski definition) is 4. The Morgan fingerprint density at radius 2 is 1.83 bits per heavy atom. The first kappa shape index (κ1) is 9.10. The summed E-state index contributed by atoms with van der Waals surface area (Å²) >= 11 is 0. The van der Waals surface area contributed by atoms with Gasteiger partial charge in [0.25, 0.3) is 0 Å². The summed E-state index contributed by atoms with van der Waals surface area (Å²) in [7, 11) is -0.794. The maximum Gasteiger partial charge on any atom is 0.518 e. The van der Waals surface area contributed by atoms with Crippen molar-refractivity contribution in [3.05, 3.63) is 5.69 Å². The Kier molecular flexibility index (Phi) is 1.81. The average Bonchev–Trinajstić information content (AvgIpc) is 2.99. The molecule has 0 bridgehead atoms. The molecule has 0 N–H and O–H groups in total. The summed E-state index contributed by atoms with van der Waals surface area (Å²) in [6, 6.07) is 0.210. The van der Waals surface area contributed by atoms with Gasteiger partial charge in [-0.25, -0.2) is 0 Å². The fourth-order valence-corrected chi connectivity index (χ4v) is 1.92. The molecule has 1 aromatic rings. The van der Waals surface area contributed by atoms with E-state index >= 15 is 0 Å². The van der Waals surface area contributed by atoms with Crippen LogP contribution in [0.25, 0.3) is 0 Å². The molecule has 1 aliphatic heterocycles. The van der Waals surface area contributed by atoms with Crippen molar-refractivity contribution in [2.24, 2.45) is 0 Å². The molecule has 18 heavy (non-hydrogen) atoms. The highest BCUT2D eigenvalue weighted by Crippen LogP contribution is 2.37. The smallest absolute Gasteiger partial charge is 0.398 e. The molecule has 1 aliphatic carbocycles. The molecular weight excluding hydrogens is 229 g/mol. The molecule has 5 nitrogen and oxygen atoms in total. The third-order valence-electron chi connectivity index (χ3n) is 4.01. The van der Waals surface area contributed by atoms with E-state index in [1.54, 1.807) is 0 Å². The van der Waals surface area contributed by atoms with Crippen molar-refractivity contribution in [1.29, 1.82) is 0 Å². The van der Waals surface area contributed by atoms with Crippen LogP contribution < -0.4 is 5.59 Å². The maximum atomic E-state index is 7.66. The van der Waals surface area contributed by atoms with Crippen molar-refractivity contribution < 1.29 is 13.4 Å². The van der Waals surface area contributed by atoms with E-state index in [0.717, 1.165) is 12.8 Å². The second-order valence-electron chi connectivity index (χ2n) is 6.07. The molecule has 98 valence electrons. The van der Waals surface area contributed by atoms with Crippen molar-refractivity contribution in [3.63, 3.8) is 0 Å². The Labute approximate surface area is 112 Å². The highest BCUT2D eigenvalue weighted by atomic mass is 16.7. The van der Waals surface area contributed by atoms with Crippen molar-refractivity contribution in [2.75, 3.05) is 0 Å². The number of hydrogen-bond donors (Lipinski definition) is 0. The monoisotopic (exact) mass is 252 g/mol. The summed E-state index contributed by atoms with van der Waals surface area (Å²) in [5.74, 6) is 0. The van der Waals surface area contributed by atoms with Crippen molar-refractivity contribution in [2.45, 2.75) is 64.6 Å². The standard InChI is InChI=1S/C12H20BN3O2/c1-8-10(15-16(14-8)9-6-7-9)13-17-11(2,3)12(4,5)18-13/h9H,6-7H2,1-5H3/i1D3. The lowest BCUT2D eigenvalue weighted by molar-refractivity contribution is 0.00578. The van der Waals surface area contributed by atoms with E-state index in [-0.39, 0.29) is 17.3 Å². The molecule has 0 aromatic carbocycles. The molecule has 1 aromatic heterocycles. The molecule has 1 saturated carbocycles. The van der Waals surface area contributed by atoms with Crippen molar-refractivity contribution in [1.82, 2.24) is 15.0 Å². The van der Waals surface area contributed by atoms with Crippen LogP contribution in [-0.4, -0.2) is 33.3 Å². The highest BCUT2D eigenvalue weighted by Gasteiger charge is 2.53. The lowest BCUT2D eigenvalue weighted by Gasteiger charge is -2.32. The second-order valence-corrected chi connectivity index (χ2v) is 6.07. The van der Waals surface area contributed by atoms with E-state index in [2.05, 4.69) is 10.2 Å². The fraction of sp³-hybridized carbons (Fsp3) is 0.833. The molecule has 2 fully saturated rings. The van der Waals surface area contributed by atoms with Crippen LogP contribution >= 0.6 is 0 Å². The van der Waals surface area contributed by atoms with Gasteiger partial charge in [-0.15, -0.1) is 0 Å². The van der Waals surface area contributed by atoms with Gasteiger partial charge in [0.05, 0.1) is 22.9 Å². The zero-order valence-electron chi connectivity index (χ0n) is 14.2. The van der Waals surface area contributed by atoms with Crippen molar-refractivity contribution >= 4 is 12.7 Å². The van der Waals surface area contributed by atoms with Crippen LogP contribution in [0.2, 0.25) is 0 Å². The first-order valence-corrected chi connectivity index (χ1v) is 6.34. The molecule has 0 spiro atoms. The highest BCUT2D eigenvalue weighted by molar-refractivity contribution is 6.61. The zero-order chi connectivity index (χ0) is 15.6. The second kappa shape index (κ2) is 3.57. The van der Waals surface area contributed by atoms with Gasteiger partial charge in [-0.3, -0.25) is 0 Å². The summed E-state index contributed by atoms with van der Waals surface area (Å²) in [4.78, 5) is 1.50. The van der Waals surface area contributed by atoms with E-state index in [1.165, 1.54) is 4.80 Å². The largest absolute Gasteiger partial charge is 0.518 e. The molecule has 0 unspecified atom stereocenters. The van der Waals surface area contributed by atoms with Gasteiger partial charge in [0.1, 0.15) is 5.59 Å². The van der Waals surface area contributed by atoms with Crippen LogP contribution in [0.5, 0.6) is 0 Å². The minimum Gasteiger partial charge on any atom is -0.398 e. The molecule has 0 amide bonds. The Morgan fingerprint density at radius 1 is 1.22 bits per heavy atom. The molecule has 0 atom stereocenters. The Bertz CT molecular complexity index is 551. The van der Waals surface area contributed by atoms with Gasteiger partial charge in [-0.05, 0) is 47.4 Å². The quantitative estimate of drug-likeness (QED) is 0.742. The van der Waals surface area contributed by atoms with E-state index in [0.29, 0.717) is 0 Å². The van der Waals surface area contributed by atoms with Crippen LogP contribution in [0.4, 0.5) is 0 Å². The molecule has 0 radical (unpaired) electrons. The van der Waals surface area contributed by atoms with Gasteiger partial charge >= 0.3 is 7.12 Å². The lowest BCUT2D eigenvalue weighted by Crippen LogP contribution is -2.41.